The molecule has 2 aromatic rings. The van der Waals surface area contributed by atoms with Crippen LogP contribution in [0.5, 0.6) is 0 Å². The summed E-state index contributed by atoms with van der Waals surface area (Å²) in [5.74, 6) is 0. The van der Waals surface area contributed by atoms with Crippen molar-refractivity contribution in [2.45, 2.75) is 19.4 Å². The first kappa shape index (κ1) is 11.5. The van der Waals surface area contributed by atoms with Crippen LogP contribution < -0.4 is 0 Å². The summed E-state index contributed by atoms with van der Waals surface area (Å²) in [6, 6.07) is 2.08. The molecular weight excluding hydrogens is 236 g/mol. The molecule has 2 heterocycles. The molecular formula is C11H10N4OS. The molecule has 2 aromatic heterocycles. The summed E-state index contributed by atoms with van der Waals surface area (Å²) in [5.41, 5.74) is 1.95. The minimum absolute atomic E-state index is 0.448. The molecule has 0 spiro atoms. The van der Waals surface area contributed by atoms with E-state index in [4.69, 9.17) is 5.26 Å². The van der Waals surface area contributed by atoms with Gasteiger partial charge in [-0.2, -0.15) is 10.4 Å². The normalized spacial score (nSPS) is 11.1. The third-order valence-electron chi connectivity index (χ3n) is 2.38. The van der Waals surface area contributed by atoms with Crippen LogP contribution in [0.25, 0.3) is 10.6 Å². The minimum Gasteiger partial charge on any atom is -0.301 e. The lowest BCUT2D eigenvalue weighted by Crippen LogP contribution is -2.28. The fraction of sp³-hybridized carbons (Fsp3) is 0.273. The zero-order valence-corrected chi connectivity index (χ0v) is 10.2. The second kappa shape index (κ2) is 4.11. The van der Waals surface area contributed by atoms with Gasteiger partial charge in [0.15, 0.2) is 0 Å². The number of thiazole rings is 1. The van der Waals surface area contributed by atoms with E-state index in [-0.39, 0.29) is 0 Å². The number of carbonyl (C=O) groups excluding carboxylic acids is 1. The number of hydrogen-bond donors (Lipinski definition) is 0. The summed E-state index contributed by atoms with van der Waals surface area (Å²) in [6.45, 7) is 3.48. The molecule has 86 valence electrons. The number of hydrogen-bond acceptors (Lipinski definition) is 5. The molecule has 0 aliphatic carbocycles. The molecule has 6 heteroatoms. The first-order valence-electron chi connectivity index (χ1n) is 4.94. The van der Waals surface area contributed by atoms with Crippen LogP contribution in [0.15, 0.2) is 17.9 Å². The van der Waals surface area contributed by atoms with E-state index in [9.17, 15) is 4.79 Å². The molecule has 17 heavy (non-hydrogen) atoms. The maximum atomic E-state index is 11.0. The number of aromatic nitrogens is 3. The maximum absolute atomic E-state index is 11.0. The van der Waals surface area contributed by atoms with Crippen molar-refractivity contribution in [1.29, 1.82) is 5.26 Å². The molecule has 5 nitrogen and oxygen atoms in total. The first-order valence-corrected chi connectivity index (χ1v) is 5.82. The lowest BCUT2D eigenvalue weighted by Gasteiger charge is -2.16. The highest BCUT2D eigenvalue weighted by atomic mass is 32.1. The molecule has 0 bridgehead atoms. The van der Waals surface area contributed by atoms with Gasteiger partial charge in [0.2, 0.25) is 0 Å². The average Bonchev–Trinajstić information content (AvgIpc) is 2.97. The van der Waals surface area contributed by atoms with Crippen LogP contribution in [0.1, 0.15) is 19.4 Å². The Morgan fingerprint density at radius 1 is 1.59 bits per heavy atom. The van der Waals surface area contributed by atoms with Crippen molar-refractivity contribution < 1.29 is 4.79 Å². The highest BCUT2D eigenvalue weighted by Crippen LogP contribution is 2.26. The molecule has 2 rings (SSSR count). The molecule has 0 saturated heterocycles. The molecule has 0 unspecified atom stereocenters. The molecule has 0 aliphatic heterocycles. The molecule has 0 fully saturated rings. The highest BCUT2D eigenvalue weighted by molar-refractivity contribution is 7.13. The summed E-state index contributed by atoms with van der Waals surface area (Å²) in [5, 5.41) is 13.4. The van der Waals surface area contributed by atoms with Crippen molar-refractivity contribution in [2.75, 3.05) is 0 Å². The van der Waals surface area contributed by atoms with E-state index < -0.39 is 5.54 Å². The van der Waals surface area contributed by atoms with Gasteiger partial charge in [-0.05, 0) is 13.8 Å². The summed E-state index contributed by atoms with van der Waals surface area (Å²) in [4.78, 5) is 15.7. The Labute approximate surface area is 102 Å². The van der Waals surface area contributed by atoms with Crippen molar-refractivity contribution >= 4 is 17.6 Å². The number of nitrogens with zero attached hydrogens (tertiary/aromatic N) is 4. The van der Waals surface area contributed by atoms with Gasteiger partial charge in [0.1, 0.15) is 23.6 Å². The molecule has 0 atom stereocenters. The van der Waals surface area contributed by atoms with E-state index in [2.05, 4.69) is 16.2 Å². The molecule has 0 radical (unpaired) electrons. The predicted octanol–water partition coefficient (Wildman–Crippen LogP) is 1.81. The second-order valence-electron chi connectivity index (χ2n) is 4.08. The van der Waals surface area contributed by atoms with E-state index in [0.29, 0.717) is 11.3 Å². The van der Waals surface area contributed by atoms with E-state index in [1.165, 1.54) is 16.0 Å². The predicted molar refractivity (Wildman–Crippen MR) is 63.4 cm³/mol. The number of nitriles is 1. The Morgan fingerprint density at radius 3 is 2.88 bits per heavy atom. The van der Waals surface area contributed by atoms with Gasteiger partial charge in [0, 0.05) is 12.4 Å². The summed E-state index contributed by atoms with van der Waals surface area (Å²) >= 11 is 1.41. The topological polar surface area (TPSA) is 71.6 Å². The third kappa shape index (κ3) is 1.97. The zero-order valence-electron chi connectivity index (χ0n) is 9.41. The van der Waals surface area contributed by atoms with Crippen LogP contribution in [0.4, 0.5) is 0 Å². The van der Waals surface area contributed by atoms with Crippen LogP contribution in [0.2, 0.25) is 0 Å². The van der Waals surface area contributed by atoms with Gasteiger partial charge in [0.25, 0.3) is 0 Å². The van der Waals surface area contributed by atoms with Crippen LogP contribution in [-0.2, 0) is 10.3 Å². The Bertz CT molecular complexity index is 577. The van der Waals surface area contributed by atoms with E-state index in [1.807, 2.05) is 0 Å². The SMILES string of the molecule is CC(C)(C=O)n1cc(C#N)c(-c2cncs2)n1. The monoisotopic (exact) mass is 246 g/mol. The number of carbonyl (C=O) groups is 1. The molecule has 0 N–H and O–H groups in total. The Balaban J connectivity index is 2.56. The van der Waals surface area contributed by atoms with E-state index in [0.717, 1.165) is 11.2 Å². The smallest absolute Gasteiger partial charge is 0.147 e. The van der Waals surface area contributed by atoms with Gasteiger partial charge in [0.05, 0.1) is 16.0 Å². The molecule has 0 amide bonds. The standard InChI is InChI=1S/C11H10N4OS/c1-11(2,6-16)15-5-8(3-12)10(14-15)9-4-13-7-17-9/h4-7H,1-2H3. The minimum atomic E-state index is -0.755. The van der Waals surface area contributed by atoms with Gasteiger partial charge in [-0.3, -0.25) is 9.67 Å². The molecule has 0 aliphatic rings. The van der Waals surface area contributed by atoms with Gasteiger partial charge >= 0.3 is 0 Å². The van der Waals surface area contributed by atoms with E-state index >= 15 is 0 Å². The Kier molecular flexibility index (Phi) is 2.77. The van der Waals surface area contributed by atoms with Crippen LogP contribution >= 0.6 is 11.3 Å². The quantitative estimate of drug-likeness (QED) is 0.774. The molecule has 0 aromatic carbocycles. The van der Waals surface area contributed by atoms with Crippen LogP contribution in [0.3, 0.4) is 0 Å². The fourth-order valence-electron chi connectivity index (χ4n) is 1.32. The fourth-order valence-corrected chi connectivity index (χ4v) is 1.94. The highest BCUT2D eigenvalue weighted by Gasteiger charge is 2.23. The average molecular weight is 246 g/mol. The van der Waals surface area contributed by atoms with Crippen LogP contribution in [0, 0.1) is 11.3 Å². The summed E-state index contributed by atoms with van der Waals surface area (Å²) in [7, 11) is 0. The van der Waals surface area contributed by atoms with Crippen molar-refractivity contribution in [3.8, 4) is 16.6 Å². The number of rotatable bonds is 3. The van der Waals surface area contributed by atoms with Gasteiger partial charge in [-0.1, -0.05) is 0 Å². The summed E-state index contributed by atoms with van der Waals surface area (Å²) < 4.78 is 1.51. The van der Waals surface area contributed by atoms with Gasteiger partial charge in [-0.25, -0.2) is 0 Å². The molecule has 0 saturated carbocycles. The zero-order chi connectivity index (χ0) is 12.5. The lowest BCUT2D eigenvalue weighted by molar-refractivity contribution is -0.114. The largest absolute Gasteiger partial charge is 0.301 e. The van der Waals surface area contributed by atoms with Crippen molar-refractivity contribution in [2.24, 2.45) is 0 Å². The second-order valence-corrected chi connectivity index (χ2v) is 4.97. The first-order chi connectivity index (χ1) is 8.08. The van der Waals surface area contributed by atoms with Crippen molar-refractivity contribution in [1.82, 2.24) is 14.8 Å². The van der Waals surface area contributed by atoms with Gasteiger partial charge in [-0.15, -0.1) is 11.3 Å². The van der Waals surface area contributed by atoms with E-state index in [1.54, 1.807) is 31.8 Å². The van der Waals surface area contributed by atoms with Crippen LogP contribution in [-0.4, -0.2) is 21.1 Å². The van der Waals surface area contributed by atoms with Gasteiger partial charge < -0.3 is 4.79 Å². The Hall–Kier alpha value is -2.00. The third-order valence-corrected chi connectivity index (χ3v) is 3.16. The van der Waals surface area contributed by atoms with Crippen molar-refractivity contribution in [3.63, 3.8) is 0 Å². The maximum Gasteiger partial charge on any atom is 0.147 e. The Morgan fingerprint density at radius 2 is 2.35 bits per heavy atom. The lowest BCUT2D eigenvalue weighted by atomic mass is 10.1. The summed E-state index contributed by atoms with van der Waals surface area (Å²) in [6.07, 6.45) is 4.05. The van der Waals surface area contributed by atoms with Crippen molar-refractivity contribution in [3.05, 3.63) is 23.5 Å². The number of aldehydes is 1.